The summed E-state index contributed by atoms with van der Waals surface area (Å²) in [5.41, 5.74) is -5.32. The number of alkyl halides is 2. The Hall–Kier alpha value is -3.08. The summed E-state index contributed by atoms with van der Waals surface area (Å²) in [6.07, 6.45) is -2.97. The van der Waals surface area contributed by atoms with Gasteiger partial charge in [0, 0.05) is 6.07 Å². The maximum absolute atomic E-state index is 14.4. The first-order valence-electron chi connectivity index (χ1n) is 8.02. The van der Waals surface area contributed by atoms with Gasteiger partial charge < -0.3 is 10.1 Å². The molecule has 0 radical (unpaired) electrons. The zero-order chi connectivity index (χ0) is 22.2. The molecule has 1 aromatic heterocycles. The third kappa shape index (κ3) is 3.49. The number of halogens is 7. The molecule has 2 heterocycles. The summed E-state index contributed by atoms with van der Waals surface area (Å²) in [6, 6.07) is 2.13. The van der Waals surface area contributed by atoms with Crippen molar-refractivity contribution >= 4 is 23.4 Å². The lowest BCUT2D eigenvalue weighted by Gasteiger charge is -2.35. The Morgan fingerprint density at radius 1 is 1.13 bits per heavy atom. The summed E-state index contributed by atoms with van der Waals surface area (Å²) in [4.78, 5) is 19.4. The van der Waals surface area contributed by atoms with Gasteiger partial charge in [0.1, 0.15) is 22.2 Å². The molecule has 3 rings (SSSR count). The van der Waals surface area contributed by atoms with Crippen molar-refractivity contribution in [2.45, 2.75) is 12.0 Å². The summed E-state index contributed by atoms with van der Waals surface area (Å²) in [5, 5.41) is 1.48. The molecule has 1 N–H and O–H groups in total. The minimum Gasteiger partial charge on any atom is -0.465 e. The fraction of sp³-hybridized carbons (Fsp3) is 0.167. The zero-order valence-electron chi connectivity index (χ0n) is 14.8. The average molecular weight is 450 g/mol. The molecular formula is C18H10ClF6N3O2. The number of hydrogen-bond donors (Lipinski definition) is 1. The predicted molar refractivity (Wildman–Crippen MR) is 92.8 cm³/mol. The fourth-order valence-electron chi connectivity index (χ4n) is 2.87. The van der Waals surface area contributed by atoms with E-state index in [1.165, 1.54) is 0 Å². The third-order valence-corrected chi connectivity index (χ3v) is 4.50. The molecule has 5 nitrogen and oxygen atoms in total. The van der Waals surface area contributed by atoms with Gasteiger partial charge in [-0.25, -0.2) is 41.1 Å². The molecule has 0 saturated carbocycles. The quantitative estimate of drug-likeness (QED) is 0.438. The van der Waals surface area contributed by atoms with E-state index < -0.39 is 69.0 Å². The second-order valence-corrected chi connectivity index (χ2v) is 6.32. The molecule has 1 aromatic carbocycles. The van der Waals surface area contributed by atoms with E-state index in [2.05, 4.69) is 20.0 Å². The van der Waals surface area contributed by atoms with Crippen LogP contribution in [0.25, 0.3) is 0 Å². The number of methoxy groups -OCH3 is 1. The number of esters is 1. The van der Waals surface area contributed by atoms with E-state index in [1.807, 2.05) is 0 Å². The maximum Gasteiger partial charge on any atom is 0.339 e. The van der Waals surface area contributed by atoms with Crippen LogP contribution in [-0.4, -0.2) is 30.3 Å². The number of rotatable bonds is 4. The zero-order valence-corrected chi connectivity index (χ0v) is 15.6. The highest BCUT2D eigenvalue weighted by molar-refractivity contribution is 6.33. The molecule has 0 saturated heterocycles. The van der Waals surface area contributed by atoms with E-state index >= 15 is 0 Å². The van der Waals surface area contributed by atoms with Gasteiger partial charge in [0.2, 0.25) is 0 Å². The predicted octanol–water partition coefficient (Wildman–Crippen LogP) is 3.77. The monoisotopic (exact) mass is 449 g/mol. The number of amidine groups is 1. The van der Waals surface area contributed by atoms with Crippen LogP contribution in [0.1, 0.15) is 11.3 Å². The molecule has 30 heavy (non-hydrogen) atoms. The fourth-order valence-corrected chi connectivity index (χ4v) is 3.18. The largest absolute Gasteiger partial charge is 0.465 e. The van der Waals surface area contributed by atoms with Crippen LogP contribution < -0.4 is 5.32 Å². The highest BCUT2D eigenvalue weighted by Gasteiger charge is 2.53. The number of benzene rings is 1. The summed E-state index contributed by atoms with van der Waals surface area (Å²) < 4.78 is 88.0. The molecule has 0 aliphatic carbocycles. The van der Waals surface area contributed by atoms with E-state index in [0.29, 0.717) is 24.4 Å². The normalized spacial score (nSPS) is 18.9. The Bertz CT molecular complexity index is 1090. The van der Waals surface area contributed by atoms with E-state index in [0.717, 1.165) is 13.2 Å². The first-order chi connectivity index (χ1) is 14.1. The van der Waals surface area contributed by atoms with Crippen molar-refractivity contribution in [2.24, 2.45) is 4.99 Å². The highest BCUT2D eigenvalue weighted by atomic mass is 35.5. The molecule has 12 heteroatoms. The second kappa shape index (κ2) is 7.98. The SMILES string of the molecule is COC(=O)C1=C(Cl)NC(c2ncc(F)cc2F)=NC1(c1ccc(F)c(F)c1)C(F)F. The number of aliphatic imine (C=N–C) groups is 1. The summed E-state index contributed by atoms with van der Waals surface area (Å²) >= 11 is 6.00. The molecule has 1 aliphatic heterocycles. The molecule has 158 valence electrons. The van der Waals surface area contributed by atoms with Gasteiger partial charge in [-0.15, -0.1) is 0 Å². The Morgan fingerprint density at radius 3 is 2.40 bits per heavy atom. The van der Waals surface area contributed by atoms with Crippen molar-refractivity contribution in [3.05, 3.63) is 75.7 Å². The van der Waals surface area contributed by atoms with Gasteiger partial charge in [0.15, 0.2) is 28.8 Å². The van der Waals surface area contributed by atoms with Crippen molar-refractivity contribution in [3.63, 3.8) is 0 Å². The minimum absolute atomic E-state index is 0.398. The molecule has 1 unspecified atom stereocenters. The van der Waals surface area contributed by atoms with Gasteiger partial charge in [-0.05, 0) is 17.7 Å². The first-order valence-corrected chi connectivity index (χ1v) is 8.40. The second-order valence-electron chi connectivity index (χ2n) is 5.95. The van der Waals surface area contributed by atoms with Gasteiger partial charge in [-0.3, -0.25) is 0 Å². The topological polar surface area (TPSA) is 63.6 Å². The summed E-state index contributed by atoms with van der Waals surface area (Å²) in [6.45, 7) is 0. The van der Waals surface area contributed by atoms with E-state index in [-0.39, 0.29) is 0 Å². The minimum atomic E-state index is -3.56. The van der Waals surface area contributed by atoms with Gasteiger partial charge in [-0.2, -0.15) is 0 Å². The van der Waals surface area contributed by atoms with Gasteiger partial charge in [0.25, 0.3) is 6.43 Å². The van der Waals surface area contributed by atoms with Crippen molar-refractivity contribution in [1.29, 1.82) is 0 Å². The maximum atomic E-state index is 14.4. The van der Waals surface area contributed by atoms with Crippen molar-refractivity contribution in [1.82, 2.24) is 10.3 Å². The van der Waals surface area contributed by atoms with Crippen molar-refractivity contribution < 1.29 is 35.9 Å². The van der Waals surface area contributed by atoms with Crippen LogP contribution in [0.15, 0.2) is 46.2 Å². The number of hydrogen-bond acceptors (Lipinski definition) is 5. The Morgan fingerprint density at radius 2 is 1.83 bits per heavy atom. The molecule has 0 spiro atoms. The van der Waals surface area contributed by atoms with E-state index in [9.17, 15) is 31.1 Å². The number of aromatic nitrogens is 1. The summed E-state index contributed by atoms with van der Waals surface area (Å²) in [7, 11) is 0.876. The van der Waals surface area contributed by atoms with Crippen LogP contribution in [-0.2, 0) is 15.1 Å². The van der Waals surface area contributed by atoms with Crippen molar-refractivity contribution in [2.75, 3.05) is 7.11 Å². The van der Waals surface area contributed by atoms with E-state index in [1.54, 1.807) is 0 Å². The third-order valence-electron chi connectivity index (χ3n) is 4.21. The Kier molecular flexibility index (Phi) is 5.75. The number of nitrogens with one attached hydrogen (secondary N) is 1. The lowest BCUT2D eigenvalue weighted by atomic mass is 9.82. The van der Waals surface area contributed by atoms with Gasteiger partial charge in [-0.1, -0.05) is 17.7 Å². The lowest BCUT2D eigenvalue weighted by molar-refractivity contribution is -0.138. The number of pyridine rings is 1. The van der Waals surface area contributed by atoms with Crippen LogP contribution in [0.4, 0.5) is 26.3 Å². The smallest absolute Gasteiger partial charge is 0.339 e. The van der Waals surface area contributed by atoms with Crippen LogP contribution in [0.2, 0.25) is 0 Å². The van der Waals surface area contributed by atoms with Gasteiger partial charge in [0.05, 0.1) is 13.3 Å². The molecule has 1 aliphatic rings. The Labute approximate surface area is 170 Å². The lowest BCUT2D eigenvalue weighted by Crippen LogP contribution is -2.46. The van der Waals surface area contributed by atoms with Crippen LogP contribution in [0, 0.1) is 23.3 Å². The molecule has 2 aromatic rings. The van der Waals surface area contributed by atoms with Crippen LogP contribution in [0.3, 0.4) is 0 Å². The average Bonchev–Trinajstić information content (AvgIpc) is 2.68. The number of ether oxygens (including phenoxy) is 1. The highest BCUT2D eigenvalue weighted by Crippen LogP contribution is 2.44. The van der Waals surface area contributed by atoms with Crippen molar-refractivity contribution in [3.8, 4) is 0 Å². The number of carbonyl (C=O) groups is 1. The number of nitrogens with zero attached hydrogens (tertiary/aromatic N) is 2. The van der Waals surface area contributed by atoms with Gasteiger partial charge >= 0.3 is 5.97 Å². The molecule has 0 bridgehead atoms. The first kappa shape index (κ1) is 21.6. The molecule has 0 amide bonds. The van der Waals surface area contributed by atoms with E-state index in [4.69, 9.17) is 11.6 Å². The molecule has 1 atom stereocenters. The van der Waals surface area contributed by atoms with Crippen LogP contribution >= 0.6 is 11.6 Å². The molecule has 0 fully saturated rings. The standard InChI is InChI=1S/C18H10ClF6N3O2/c1-30-16(29)12-14(19)27-15(13-11(23)5-8(20)6-26-13)28-18(12,17(24)25)7-2-3-9(21)10(22)4-7/h2-6,17H,1H3,(H,27,28). The van der Waals surface area contributed by atoms with Crippen LogP contribution in [0.5, 0.6) is 0 Å². The Balaban J connectivity index is 2.36. The molecular weight excluding hydrogens is 440 g/mol. The number of carbonyl (C=O) groups excluding carboxylic acids is 1. The summed E-state index contributed by atoms with van der Waals surface area (Å²) in [5.74, 6) is -7.23.